The molecule has 3 aromatic rings. The van der Waals surface area contributed by atoms with Crippen LogP contribution in [0, 0.1) is 0 Å². The van der Waals surface area contributed by atoms with Crippen LogP contribution < -0.4 is 24.8 Å². The Morgan fingerprint density at radius 3 is 2.26 bits per heavy atom. The van der Waals surface area contributed by atoms with Crippen LogP contribution in [0.2, 0.25) is 5.02 Å². The molecule has 0 fully saturated rings. The predicted octanol–water partition coefficient (Wildman–Crippen LogP) is 4.63. The van der Waals surface area contributed by atoms with E-state index in [1.807, 2.05) is 6.07 Å². The molecule has 0 saturated carbocycles. The number of halogens is 1. The van der Waals surface area contributed by atoms with Gasteiger partial charge in [0.2, 0.25) is 0 Å². The van der Waals surface area contributed by atoms with Crippen molar-refractivity contribution < 1.29 is 23.8 Å². The highest BCUT2D eigenvalue weighted by Crippen LogP contribution is 2.27. The first-order valence-corrected chi connectivity index (χ1v) is 9.68. The molecule has 160 valence electrons. The molecule has 0 aliphatic heterocycles. The highest BCUT2D eigenvalue weighted by molar-refractivity contribution is 6.32. The van der Waals surface area contributed by atoms with Crippen LogP contribution in [-0.2, 0) is 4.79 Å². The van der Waals surface area contributed by atoms with E-state index in [-0.39, 0.29) is 18.4 Å². The molecule has 3 aromatic carbocycles. The first-order valence-electron chi connectivity index (χ1n) is 9.31. The topological polar surface area (TPSA) is 85.9 Å². The molecule has 31 heavy (non-hydrogen) atoms. The van der Waals surface area contributed by atoms with E-state index in [0.29, 0.717) is 39.2 Å². The Morgan fingerprint density at radius 2 is 1.58 bits per heavy atom. The molecule has 0 radical (unpaired) electrons. The highest BCUT2D eigenvalue weighted by atomic mass is 35.5. The Morgan fingerprint density at radius 1 is 0.871 bits per heavy atom. The molecular weight excluding hydrogens is 420 g/mol. The maximum Gasteiger partial charge on any atom is 0.262 e. The Kier molecular flexibility index (Phi) is 7.35. The summed E-state index contributed by atoms with van der Waals surface area (Å²) in [4.78, 5) is 24.5. The number of para-hydroxylation sites is 2. The molecule has 0 aliphatic rings. The zero-order valence-electron chi connectivity index (χ0n) is 17.0. The molecule has 7 nitrogen and oxygen atoms in total. The van der Waals surface area contributed by atoms with Crippen molar-refractivity contribution in [2.45, 2.75) is 0 Å². The Bertz CT molecular complexity index is 1070. The van der Waals surface area contributed by atoms with Crippen LogP contribution in [0.15, 0.2) is 66.7 Å². The van der Waals surface area contributed by atoms with E-state index in [9.17, 15) is 9.59 Å². The quantitative estimate of drug-likeness (QED) is 0.533. The van der Waals surface area contributed by atoms with Gasteiger partial charge in [0.15, 0.2) is 6.61 Å². The fourth-order valence-electron chi connectivity index (χ4n) is 2.73. The maximum atomic E-state index is 12.4. The van der Waals surface area contributed by atoms with E-state index in [0.717, 1.165) is 0 Å². The summed E-state index contributed by atoms with van der Waals surface area (Å²) >= 11 is 6.08. The van der Waals surface area contributed by atoms with Crippen molar-refractivity contribution >= 4 is 34.8 Å². The normalized spacial score (nSPS) is 10.2. The molecule has 0 saturated heterocycles. The van der Waals surface area contributed by atoms with E-state index < -0.39 is 0 Å². The lowest BCUT2D eigenvalue weighted by Crippen LogP contribution is -2.20. The van der Waals surface area contributed by atoms with E-state index in [2.05, 4.69) is 10.6 Å². The van der Waals surface area contributed by atoms with Crippen LogP contribution in [0.25, 0.3) is 0 Å². The number of amides is 2. The number of benzene rings is 3. The fraction of sp³-hybridized carbons (Fsp3) is 0.130. The number of hydrogen-bond donors (Lipinski definition) is 2. The lowest BCUT2D eigenvalue weighted by molar-refractivity contribution is -0.118. The molecule has 8 heteroatoms. The standard InChI is InChI=1S/C23H21ClN2O5/c1-29-20-12-9-16(13-18(20)24)25-23(28)15-7-10-17(11-8-15)31-14-22(27)26-19-5-3-4-6-21(19)30-2/h3-13H,14H2,1-2H3,(H,25,28)(H,26,27). The fourth-order valence-corrected chi connectivity index (χ4v) is 2.99. The first-order chi connectivity index (χ1) is 15.0. The monoisotopic (exact) mass is 440 g/mol. The van der Waals surface area contributed by atoms with Crippen molar-refractivity contribution in [2.75, 3.05) is 31.5 Å². The van der Waals surface area contributed by atoms with E-state index >= 15 is 0 Å². The van der Waals surface area contributed by atoms with Crippen LogP contribution in [0.1, 0.15) is 10.4 Å². The van der Waals surface area contributed by atoms with Crippen molar-refractivity contribution in [2.24, 2.45) is 0 Å². The third-order valence-corrected chi connectivity index (χ3v) is 4.57. The van der Waals surface area contributed by atoms with Crippen LogP contribution in [0.5, 0.6) is 17.2 Å². The summed E-state index contributed by atoms with van der Waals surface area (Å²) in [5.41, 5.74) is 1.53. The van der Waals surface area contributed by atoms with Crippen molar-refractivity contribution in [3.63, 3.8) is 0 Å². The van der Waals surface area contributed by atoms with Gasteiger partial charge in [0.05, 0.1) is 24.9 Å². The second-order valence-electron chi connectivity index (χ2n) is 6.36. The second kappa shape index (κ2) is 10.4. The van der Waals surface area contributed by atoms with Crippen molar-refractivity contribution in [1.29, 1.82) is 0 Å². The molecular formula is C23H21ClN2O5. The smallest absolute Gasteiger partial charge is 0.262 e. The van der Waals surface area contributed by atoms with E-state index in [1.165, 1.54) is 14.2 Å². The van der Waals surface area contributed by atoms with Gasteiger partial charge in [-0.15, -0.1) is 0 Å². The SMILES string of the molecule is COc1ccc(NC(=O)c2ccc(OCC(=O)Nc3ccccc3OC)cc2)cc1Cl. The number of ether oxygens (including phenoxy) is 3. The van der Waals surface area contributed by atoms with E-state index in [4.69, 9.17) is 25.8 Å². The number of methoxy groups -OCH3 is 2. The van der Waals surface area contributed by atoms with Gasteiger partial charge in [0, 0.05) is 11.3 Å². The maximum absolute atomic E-state index is 12.4. The summed E-state index contributed by atoms with van der Waals surface area (Å²) < 4.78 is 15.8. The average Bonchev–Trinajstić information content (AvgIpc) is 2.78. The Labute approximate surface area is 184 Å². The molecule has 0 spiro atoms. The van der Waals surface area contributed by atoms with Crippen molar-refractivity contribution in [3.8, 4) is 17.2 Å². The van der Waals surface area contributed by atoms with Crippen LogP contribution in [0.4, 0.5) is 11.4 Å². The first kappa shape index (κ1) is 22.0. The molecule has 2 amide bonds. The van der Waals surface area contributed by atoms with Crippen molar-refractivity contribution in [3.05, 3.63) is 77.3 Å². The minimum atomic E-state index is -0.331. The largest absolute Gasteiger partial charge is 0.495 e. The molecule has 0 unspecified atom stereocenters. The molecule has 0 aromatic heterocycles. The van der Waals surface area contributed by atoms with E-state index in [1.54, 1.807) is 60.7 Å². The third kappa shape index (κ3) is 5.90. The number of anilines is 2. The zero-order chi connectivity index (χ0) is 22.2. The van der Waals surface area contributed by atoms with Gasteiger partial charge < -0.3 is 24.8 Å². The highest BCUT2D eigenvalue weighted by Gasteiger charge is 2.10. The van der Waals surface area contributed by atoms with Gasteiger partial charge in [-0.3, -0.25) is 9.59 Å². The molecule has 0 heterocycles. The lowest BCUT2D eigenvalue weighted by Gasteiger charge is -2.11. The molecule has 0 aliphatic carbocycles. The number of carbonyl (C=O) groups excluding carboxylic acids is 2. The summed E-state index contributed by atoms with van der Waals surface area (Å²) in [5.74, 6) is 0.906. The van der Waals surface area contributed by atoms with Crippen LogP contribution >= 0.6 is 11.6 Å². The number of hydrogen-bond acceptors (Lipinski definition) is 5. The van der Waals surface area contributed by atoms with Crippen molar-refractivity contribution in [1.82, 2.24) is 0 Å². The molecule has 0 bridgehead atoms. The van der Waals surface area contributed by atoms with Gasteiger partial charge in [-0.05, 0) is 54.6 Å². The van der Waals surface area contributed by atoms with Gasteiger partial charge in [-0.2, -0.15) is 0 Å². The Balaban J connectivity index is 1.54. The van der Waals surface area contributed by atoms with Gasteiger partial charge in [0.1, 0.15) is 17.2 Å². The molecule has 3 rings (SSSR count). The minimum absolute atomic E-state index is 0.187. The van der Waals surface area contributed by atoms with Gasteiger partial charge in [-0.25, -0.2) is 0 Å². The average molecular weight is 441 g/mol. The second-order valence-corrected chi connectivity index (χ2v) is 6.77. The summed E-state index contributed by atoms with van der Waals surface area (Å²) in [6.07, 6.45) is 0. The summed E-state index contributed by atoms with van der Waals surface area (Å²) in [5, 5.41) is 5.89. The predicted molar refractivity (Wildman–Crippen MR) is 120 cm³/mol. The number of carbonyl (C=O) groups is 2. The van der Waals surface area contributed by atoms with Gasteiger partial charge in [-0.1, -0.05) is 23.7 Å². The van der Waals surface area contributed by atoms with Gasteiger partial charge in [0.25, 0.3) is 11.8 Å². The zero-order valence-corrected chi connectivity index (χ0v) is 17.7. The Hall–Kier alpha value is -3.71. The lowest BCUT2D eigenvalue weighted by atomic mass is 10.2. The third-order valence-electron chi connectivity index (χ3n) is 4.28. The van der Waals surface area contributed by atoms with Crippen LogP contribution in [-0.4, -0.2) is 32.6 Å². The summed E-state index contributed by atoms with van der Waals surface area (Å²) in [7, 11) is 3.05. The number of rotatable bonds is 8. The van der Waals surface area contributed by atoms with Gasteiger partial charge >= 0.3 is 0 Å². The summed E-state index contributed by atoms with van der Waals surface area (Å²) in [6.45, 7) is -0.187. The molecule has 2 N–H and O–H groups in total. The summed E-state index contributed by atoms with van der Waals surface area (Å²) in [6, 6.07) is 18.5. The number of nitrogens with one attached hydrogen (secondary N) is 2. The molecule has 0 atom stereocenters. The minimum Gasteiger partial charge on any atom is -0.495 e. The van der Waals surface area contributed by atoms with Crippen LogP contribution in [0.3, 0.4) is 0 Å².